The first-order chi connectivity index (χ1) is 10.2. The maximum atomic E-state index is 11.8. The Balaban J connectivity index is 1.80. The Bertz CT molecular complexity index is 473. The van der Waals surface area contributed by atoms with Crippen LogP contribution < -0.4 is 15.4 Å². The van der Waals surface area contributed by atoms with E-state index in [-0.39, 0.29) is 12.5 Å². The smallest absolute Gasteiger partial charge is 0.258 e. The number of rotatable bonds is 7. The third-order valence-corrected chi connectivity index (χ3v) is 3.95. The Morgan fingerprint density at radius 1 is 1.38 bits per heavy atom. The Morgan fingerprint density at radius 3 is 2.81 bits per heavy atom. The molecule has 1 aliphatic rings. The number of carbonyl (C=O) groups excluding carboxylic acids is 1. The molecule has 1 saturated carbocycles. The van der Waals surface area contributed by atoms with Crippen molar-refractivity contribution >= 4 is 17.5 Å². The molecular formula is C16H23ClN2O2. The van der Waals surface area contributed by atoms with E-state index < -0.39 is 0 Å². The normalized spacial score (nSPS) is 15.1. The fourth-order valence-corrected chi connectivity index (χ4v) is 2.78. The Labute approximate surface area is 131 Å². The minimum absolute atomic E-state index is 0.0166. The summed E-state index contributed by atoms with van der Waals surface area (Å²) in [7, 11) is 0. The first-order valence-electron chi connectivity index (χ1n) is 7.60. The summed E-state index contributed by atoms with van der Waals surface area (Å²) in [6.45, 7) is 3.76. The number of amides is 1. The molecule has 1 amide bonds. The van der Waals surface area contributed by atoms with E-state index in [0.29, 0.717) is 16.8 Å². The third-order valence-electron chi connectivity index (χ3n) is 3.65. The van der Waals surface area contributed by atoms with Crippen LogP contribution in [0, 0.1) is 0 Å². The highest BCUT2D eigenvalue weighted by atomic mass is 35.5. The number of hydrogen-bond acceptors (Lipinski definition) is 3. The number of carbonyl (C=O) groups is 1. The van der Waals surface area contributed by atoms with Crippen LogP contribution in [0.25, 0.3) is 0 Å². The summed E-state index contributed by atoms with van der Waals surface area (Å²) in [5, 5.41) is 6.77. The van der Waals surface area contributed by atoms with Gasteiger partial charge in [0.25, 0.3) is 5.91 Å². The van der Waals surface area contributed by atoms with Crippen molar-refractivity contribution in [3.8, 4) is 5.75 Å². The van der Waals surface area contributed by atoms with Crippen LogP contribution in [0.2, 0.25) is 5.02 Å². The van der Waals surface area contributed by atoms with Gasteiger partial charge in [0.05, 0.1) is 5.02 Å². The molecule has 0 saturated heterocycles. The molecule has 0 aliphatic heterocycles. The molecule has 1 fully saturated rings. The molecule has 0 bridgehead atoms. The maximum Gasteiger partial charge on any atom is 0.258 e. The minimum atomic E-state index is -0.0744. The monoisotopic (exact) mass is 310 g/mol. The van der Waals surface area contributed by atoms with Gasteiger partial charge in [0.2, 0.25) is 0 Å². The highest BCUT2D eigenvalue weighted by molar-refractivity contribution is 6.32. The molecule has 0 unspecified atom stereocenters. The Morgan fingerprint density at radius 2 is 2.14 bits per heavy atom. The molecule has 1 aliphatic carbocycles. The largest absolute Gasteiger partial charge is 0.482 e. The quantitative estimate of drug-likeness (QED) is 0.814. The lowest BCUT2D eigenvalue weighted by atomic mass is 10.2. The predicted molar refractivity (Wildman–Crippen MR) is 84.7 cm³/mol. The van der Waals surface area contributed by atoms with Crippen LogP contribution in [0.5, 0.6) is 5.75 Å². The Kier molecular flexibility index (Phi) is 6.33. The van der Waals surface area contributed by atoms with E-state index in [4.69, 9.17) is 16.3 Å². The lowest BCUT2D eigenvalue weighted by Crippen LogP contribution is -2.36. The van der Waals surface area contributed by atoms with Crippen molar-refractivity contribution in [3.63, 3.8) is 0 Å². The van der Waals surface area contributed by atoms with Crippen molar-refractivity contribution in [3.05, 3.63) is 28.8 Å². The van der Waals surface area contributed by atoms with Gasteiger partial charge in [0.1, 0.15) is 5.75 Å². The molecule has 2 rings (SSSR count). The molecule has 1 aromatic carbocycles. The topological polar surface area (TPSA) is 50.4 Å². The second-order valence-corrected chi connectivity index (χ2v) is 5.79. The number of hydrogen-bond donors (Lipinski definition) is 2. The van der Waals surface area contributed by atoms with Gasteiger partial charge in [-0.3, -0.25) is 4.79 Å². The molecule has 1 aromatic rings. The molecular weight excluding hydrogens is 288 g/mol. The fourth-order valence-electron chi connectivity index (χ4n) is 2.52. The van der Waals surface area contributed by atoms with Gasteiger partial charge >= 0.3 is 0 Å². The lowest BCUT2D eigenvalue weighted by molar-refractivity contribution is -0.123. The number of nitrogens with one attached hydrogen (secondary N) is 2. The molecule has 5 heteroatoms. The van der Waals surface area contributed by atoms with E-state index in [9.17, 15) is 4.79 Å². The first-order valence-corrected chi connectivity index (χ1v) is 7.98. The van der Waals surface area contributed by atoms with Crippen LogP contribution in [0.1, 0.15) is 38.2 Å². The van der Waals surface area contributed by atoms with Crippen LogP contribution in [0.4, 0.5) is 0 Å². The maximum absolute atomic E-state index is 11.8. The van der Waals surface area contributed by atoms with E-state index in [0.717, 1.165) is 31.5 Å². The molecule has 2 N–H and O–H groups in total. The molecule has 21 heavy (non-hydrogen) atoms. The second kappa shape index (κ2) is 8.25. The van der Waals surface area contributed by atoms with Gasteiger partial charge in [0, 0.05) is 12.6 Å². The summed E-state index contributed by atoms with van der Waals surface area (Å²) in [4.78, 5) is 11.8. The van der Waals surface area contributed by atoms with Gasteiger partial charge in [-0.05, 0) is 37.1 Å². The van der Waals surface area contributed by atoms with Gasteiger partial charge in [-0.15, -0.1) is 0 Å². The van der Waals surface area contributed by atoms with Crippen LogP contribution in [-0.4, -0.2) is 25.1 Å². The van der Waals surface area contributed by atoms with Gasteiger partial charge < -0.3 is 15.4 Å². The van der Waals surface area contributed by atoms with E-state index >= 15 is 0 Å². The fraction of sp³-hybridized carbons (Fsp3) is 0.562. The summed E-state index contributed by atoms with van der Waals surface area (Å²) < 4.78 is 5.50. The van der Waals surface area contributed by atoms with E-state index in [2.05, 4.69) is 17.6 Å². The van der Waals surface area contributed by atoms with Crippen molar-refractivity contribution in [1.82, 2.24) is 10.6 Å². The predicted octanol–water partition coefficient (Wildman–Crippen LogP) is 2.89. The van der Waals surface area contributed by atoms with Gasteiger partial charge in [-0.2, -0.15) is 0 Å². The summed E-state index contributed by atoms with van der Waals surface area (Å²) in [6.07, 6.45) is 4.55. The zero-order chi connectivity index (χ0) is 15.1. The van der Waals surface area contributed by atoms with Gasteiger partial charge in [-0.25, -0.2) is 0 Å². The van der Waals surface area contributed by atoms with Crippen LogP contribution in [-0.2, 0) is 11.3 Å². The summed E-state index contributed by atoms with van der Waals surface area (Å²) in [6, 6.07) is 5.96. The highest BCUT2D eigenvalue weighted by Crippen LogP contribution is 2.25. The van der Waals surface area contributed by atoms with Gasteiger partial charge in [0.15, 0.2) is 6.61 Å². The van der Waals surface area contributed by atoms with Crippen molar-refractivity contribution in [2.24, 2.45) is 0 Å². The molecule has 0 radical (unpaired) electrons. The van der Waals surface area contributed by atoms with Crippen molar-refractivity contribution in [2.45, 2.75) is 45.2 Å². The zero-order valence-electron chi connectivity index (χ0n) is 12.5. The van der Waals surface area contributed by atoms with Crippen LogP contribution in [0.15, 0.2) is 18.2 Å². The van der Waals surface area contributed by atoms with E-state index in [1.165, 1.54) is 12.8 Å². The molecule has 0 aromatic heterocycles. The molecule has 4 nitrogen and oxygen atoms in total. The number of benzene rings is 1. The van der Waals surface area contributed by atoms with E-state index in [1.54, 1.807) is 0 Å². The van der Waals surface area contributed by atoms with Crippen molar-refractivity contribution in [1.29, 1.82) is 0 Å². The molecule has 116 valence electrons. The second-order valence-electron chi connectivity index (χ2n) is 5.38. The van der Waals surface area contributed by atoms with Crippen molar-refractivity contribution < 1.29 is 9.53 Å². The average Bonchev–Trinajstić information content (AvgIpc) is 2.97. The first kappa shape index (κ1) is 16.1. The van der Waals surface area contributed by atoms with Crippen LogP contribution in [0.3, 0.4) is 0 Å². The van der Waals surface area contributed by atoms with Gasteiger partial charge in [-0.1, -0.05) is 37.4 Å². The standard InChI is InChI=1S/C16H23ClN2O2/c1-2-18-10-12-7-8-15(14(17)9-12)21-11-16(20)19-13-5-3-4-6-13/h7-9,13,18H,2-6,10-11H2,1H3,(H,19,20). The molecule has 0 atom stereocenters. The molecule has 0 heterocycles. The van der Waals surface area contributed by atoms with Crippen LogP contribution >= 0.6 is 11.6 Å². The highest BCUT2D eigenvalue weighted by Gasteiger charge is 2.17. The Hall–Kier alpha value is -1.26. The SMILES string of the molecule is CCNCc1ccc(OCC(=O)NC2CCCC2)c(Cl)c1. The number of ether oxygens (including phenoxy) is 1. The average molecular weight is 311 g/mol. The summed E-state index contributed by atoms with van der Waals surface area (Å²) in [5.41, 5.74) is 1.10. The minimum Gasteiger partial charge on any atom is -0.482 e. The number of halogens is 1. The third kappa shape index (κ3) is 5.21. The van der Waals surface area contributed by atoms with E-state index in [1.807, 2.05) is 18.2 Å². The summed E-state index contributed by atoms with van der Waals surface area (Å²) >= 11 is 6.18. The molecule has 0 spiro atoms. The summed E-state index contributed by atoms with van der Waals surface area (Å²) in [5.74, 6) is 0.480. The zero-order valence-corrected chi connectivity index (χ0v) is 13.2. The van der Waals surface area contributed by atoms with Crippen molar-refractivity contribution in [2.75, 3.05) is 13.2 Å². The lowest BCUT2D eigenvalue weighted by Gasteiger charge is -2.13.